The Morgan fingerprint density at radius 3 is 2.21 bits per heavy atom. The van der Waals surface area contributed by atoms with Gasteiger partial charge in [0.05, 0.1) is 0 Å². The Balaban J connectivity index is 0.000000192. The Hall–Kier alpha value is -2.62. The summed E-state index contributed by atoms with van der Waals surface area (Å²) in [5, 5.41) is 17.6. The molecule has 4 nitrogen and oxygen atoms in total. The predicted molar refractivity (Wildman–Crippen MR) is 72.0 cm³/mol. The molecule has 0 amide bonds. The van der Waals surface area contributed by atoms with Gasteiger partial charge in [0.25, 0.3) is 0 Å². The number of rotatable bonds is 0. The Labute approximate surface area is 109 Å². The molecule has 0 aromatic heterocycles. The van der Waals surface area contributed by atoms with Gasteiger partial charge in [-0.1, -0.05) is 48.6 Å². The van der Waals surface area contributed by atoms with Crippen LogP contribution >= 0.6 is 0 Å². The van der Waals surface area contributed by atoms with E-state index in [-0.39, 0.29) is 0 Å². The molecule has 1 aliphatic rings. The van der Waals surface area contributed by atoms with Crippen LogP contribution in [0.3, 0.4) is 0 Å². The molecule has 0 fully saturated rings. The van der Waals surface area contributed by atoms with Gasteiger partial charge in [0.15, 0.2) is 0 Å². The zero-order valence-electron chi connectivity index (χ0n) is 10.0. The maximum absolute atomic E-state index is 9.10. The van der Waals surface area contributed by atoms with Gasteiger partial charge >= 0.3 is 11.9 Å². The van der Waals surface area contributed by atoms with Gasteiger partial charge < -0.3 is 10.2 Å². The van der Waals surface area contributed by atoms with Crippen molar-refractivity contribution < 1.29 is 19.8 Å². The van der Waals surface area contributed by atoms with Crippen molar-refractivity contribution >= 4 is 28.8 Å². The summed E-state index contributed by atoms with van der Waals surface area (Å²) in [6, 6.07) is 13.0. The monoisotopic (exact) mass is 256 g/mol. The fraction of sp³-hybridized carbons (Fsp3) is 0.0667. The van der Waals surface area contributed by atoms with Gasteiger partial charge in [0, 0.05) is 0 Å². The maximum atomic E-state index is 9.10. The number of hydrogen-bond acceptors (Lipinski definition) is 2. The van der Waals surface area contributed by atoms with Crippen molar-refractivity contribution in [3.63, 3.8) is 0 Å². The van der Waals surface area contributed by atoms with Crippen LogP contribution in [-0.2, 0) is 16.0 Å². The molecular weight excluding hydrogens is 244 g/mol. The molecule has 96 valence electrons. The van der Waals surface area contributed by atoms with Crippen molar-refractivity contribution in [2.45, 2.75) is 6.42 Å². The molecule has 0 radical (unpaired) electrons. The SMILES string of the molecule is C1=Cc2cccc3cccc(c23)C1.O=C(O)C(=O)O. The number of carbonyl (C=O) groups is 2. The third-order valence-corrected chi connectivity index (χ3v) is 2.84. The van der Waals surface area contributed by atoms with Crippen LogP contribution in [0.15, 0.2) is 42.5 Å². The summed E-state index contributed by atoms with van der Waals surface area (Å²) < 4.78 is 0. The highest BCUT2D eigenvalue weighted by atomic mass is 16.4. The fourth-order valence-electron chi connectivity index (χ4n) is 2.07. The highest BCUT2D eigenvalue weighted by Gasteiger charge is 2.06. The Kier molecular flexibility index (Phi) is 3.61. The van der Waals surface area contributed by atoms with E-state index in [9.17, 15) is 0 Å². The molecule has 0 heterocycles. The second-order valence-corrected chi connectivity index (χ2v) is 4.08. The summed E-state index contributed by atoms with van der Waals surface area (Å²) in [7, 11) is 0. The highest BCUT2D eigenvalue weighted by Crippen LogP contribution is 2.27. The second kappa shape index (κ2) is 5.35. The Morgan fingerprint density at radius 1 is 0.947 bits per heavy atom. The predicted octanol–water partition coefficient (Wildman–Crippen LogP) is 2.56. The first-order valence-corrected chi connectivity index (χ1v) is 5.73. The van der Waals surface area contributed by atoms with E-state index in [0.29, 0.717) is 0 Å². The molecular formula is C15H12O4. The molecule has 4 heteroatoms. The van der Waals surface area contributed by atoms with Crippen LogP contribution in [0.1, 0.15) is 11.1 Å². The van der Waals surface area contributed by atoms with Gasteiger partial charge in [0.2, 0.25) is 0 Å². The summed E-state index contributed by atoms with van der Waals surface area (Å²) in [6.45, 7) is 0. The van der Waals surface area contributed by atoms with E-state index in [1.165, 1.54) is 21.9 Å². The van der Waals surface area contributed by atoms with Gasteiger partial charge in [0.1, 0.15) is 0 Å². The minimum Gasteiger partial charge on any atom is -0.473 e. The van der Waals surface area contributed by atoms with E-state index in [2.05, 4.69) is 48.6 Å². The van der Waals surface area contributed by atoms with Crippen molar-refractivity contribution in [2.24, 2.45) is 0 Å². The van der Waals surface area contributed by atoms with E-state index >= 15 is 0 Å². The molecule has 0 bridgehead atoms. The summed E-state index contributed by atoms with van der Waals surface area (Å²) in [4.78, 5) is 18.2. The Morgan fingerprint density at radius 2 is 1.58 bits per heavy atom. The van der Waals surface area contributed by atoms with Crippen molar-refractivity contribution in [3.05, 3.63) is 53.6 Å². The summed E-state index contributed by atoms with van der Waals surface area (Å²) in [5.41, 5.74) is 2.81. The summed E-state index contributed by atoms with van der Waals surface area (Å²) in [6.07, 6.45) is 5.53. The average Bonchev–Trinajstić information content (AvgIpc) is 2.40. The molecule has 1 aliphatic carbocycles. The van der Waals surface area contributed by atoms with E-state index in [0.717, 1.165) is 6.42 Å². The smallest absolute Gasteiger partial charge is 0.414 e. The van der Waals surface area contributed by atoms with Crippen LogP contribution in [0.2, 0.25) is 0 Å². The molecule has 2 aromatic rings. The molecule has 0 saturated carbocycles. The first kappa shape index (κ1) is 12.8. The molecule has 0 spiro atoms. The van der Waals surface area contributed by atoms with Crippen molar-refractivity contribution in [2.75, 3.05) is 0 Å². The lowest BCUT2D eigenvalue weighted by Gasteiger charge is -2.11. The molecule has 0 atom stereocenters. The van der Waals surface area contributed by atoms with Gasteiger partial charge in [-0.3, -0.25) is 0 Å². The van der Waals surface area contributed by atoms with Crippen LogP contribution in [0.25, 0.3) is 16.8 Å². The number of benzene rings is 2. The number of aliphatic carboxylic acids is 2. The zero-order chi connectivity index (χ0) is 13.8. The van der Waals surface area contributed by atoms with Crippen molar-refractivity contribution in [1.82, 2.24) is 0 Å². The molecule has 2 aromatic carbocycles. The molecule has 0 saturated heterocycles. The number of allylic oxidation sites excluding steroid dienone is 1. The topological polar surface area (TPSA) is 74.6 Å². The normalized spacial score (nSPS) is 11.6. The lowest BCUT2D eigenvalue weighted by molar-refractivity contribution is -0.159. The lowest BCUT2D eigenvalue weighted by Crippen LogP contribution is -2.09. The lowest BCUT2D eigenvalue weighted by atomic mass is 9.93. The average molecular weight is 256 g/mol. The molecule has 0 aliphatic heterocycles. The van der Waals surface area contributed by atoms with E-state index in [1.807, 2.05) is 0 Å². The van der Waals surface area contributed by atoms with E-state index in [1.54, 1.807) is 0 Å². The minimum absolute atomic E-state index is 1.08. The largest absolute Gasteiger partial charge is 0.473 e. The first-order valence-electron chi connectivity index (χ1n) is 5.73. The van der Waals surface area contributed by atoms with Crippen LogP contribution in [0, 0.1) is 0 Å². The van der Waals surface area contributed by atoms with Gasteiger partial charge in [-0.2, -0.15) is 0 Å². The third-order valence-electron chi connectivity index (χ3n) is 2.84. The van der Waals surface area contributed by atoms with E-state index < -0.39 is 11.9 Å². The van der Waals surface area contributed by atoms with Crippen LogP contribution in [0.5, 0.6) is 0 Å². The minimum atomic E-state index is -1.82. The number of hydrogen-bond donors (Lipinski definition) is 2. The number of carboxylic acids is 2. The molecule has 3 rings (SSSR count). The quantitative estimate of drug-likeness (QED) is 0.710. The van der Waals surface area contributed by atoms with Crippen LogP contribution < -0.4 is 0 Å². The summed E-state index contributed by atoms with van der Waals surface area (Å²) in [5.74, 6) is -3.65. The van der Waals surface area contributed by atoms with Gasteiger partial charge in [-0.05, 0) is 28.3 Å². The van der Waals surface area contributed by atoms with Gasteiger partial charge in [-0.25, -0.2) is 9.59 Å². The van der Waals surface area contributed by atoms with Crippen molar-refractivity contribution in [3.8, 4) is 0 Å². The maximum Gasteiger partial charge on any atom is 0.414 e. The molecule has 19 heavy (non-hydrogen) atoms. The standard InChI is InChI=1S/C13H10.C2H2O4/c1-4-10-6-2-8-12-9-3-7-11(5-1)13(10)12;3-1(4)2(5)6/h1-8H,9H2;(H,3,4)(H,5,6). The Bertz CT molecular complexity index is 654. The summed E-state index contributed by atoms with van der Waals surface area (Å²) >= 11 is 0. The molecule has 2 N–H and O–H groups in total. The van der Waals surface area contributed by atoms with Gasteiger partial charge in [-0.15, -0.1) is 0 Å². The van der Waals surface area contributed by atoms with E-state index in [4.69, 9.17) is 19.8 Å². The highest BCUT2D eigenvalue weighted by molar-refractivity contribution is 6.27. The van der Waals surface area contributed by atoms with Crippen molar-refractivity contribution in [1.29, 1.82) is 0 Å². The first-order chi connectivity index (χ1) is 9.09. The zero-order valence-corrected chi connectivity index (χ0v) is 10.0. The third kappa shape index (κ3) is 2.80. The number of carboxylic acid groups (broad SMARTS) is 2. The fourth-order valence-corrected chi connectivity index (χ4v) is 2.07. The van der Waals surface area contributed by atoms with Crippen LogP contribution in [0.4, 0.5) is 0 Å². The second-order valence-electron chi connectivity index (χ2n) is 4.08. The molecule has 0 unspecified atom stereocenters. The van der Waals surface area contributed by atoms with Crippen LogP contribution in [-0.4, -0.2) is 22.2 Å².